The summed E-state index contributed by atoms with van der Waals surface area (Å²) in [5.74, 6) is 0.0358. The molecule has 1 N–H and O–H groups in total. The minimum atomic E-state index is -4.16. The molecule has 0 spiro atoms. The molecule has 7 nitrogen and oxygen atoms in total. The number of rotatable bonds is 4. The van der Waals surface area contributed by atoms with Crippen LogP contribution in [0.25, 0.3) is 0 Å². The molecular weight excluding hydrogens is 386 g/mol. The lowest BCUT2D eigenvalue weighted by Gasteiger charge is -2.08. The SMILES string of the molecule is O=[N+]([O-])c1cc(Cl)ccc1S(=O)(=O)Nc1cc(Br)ccn1. The van der Waals surface area contributed by atoms with E-state index in [1.54, 1.807) is 6.07 Å². The van der Waals surface area contributed by atoms with Crippen molar-refractivity contribution in [1.82, 2.24) is 4.98 Å². The number of nitro groups is 1. The van der Waals surface area contributed by atoms with E-state index in [1.165, 1.54) is 18.3 Å². The average molecular weight is 393 g/mol. The van der Waals surface area contributed by atoms with Crippen molar-refractivity contribution in [2.24, 2.45) is 0 Å². The molecule has 0 saturated carbocycles. The maximum Gasteiger partial charge on any atom is 0.291 e. The molecule has 21 heavy (non-hydrogen) atoms. The maximum absolute atomic E-state index is 12.2. The number of hydrogen-bond donors (Lipinski definition) is 1. The first kappa shape index (κ1) is 15.7. The van der Waals surface area contributed by atoms with Gasteiger partial charge in [0.25, 0.3) is 15.7 Å². The summed E-state index contributed by atoms with van der Waals surface area (Å²) in [6.07, 6.45) is 1.39. The van der Waals surface area contributed by atoms with E-state index in [0.717, 1.165) is 12.1 Å². The first-order valence-electron chi connectivity index (χ1n) is 5.38. The van der Waals surface area contributed by atoms with Gasteiger partial charge in [0.15, 0.2) is 4.90 Å². The molecule has 1 heterocycles. The van der Waals surface area contributed by atoms with Crippen LogP contribution in [0.15, 0.2) is 45.9 Å². The number of benzene rings is 1. The minimum Gasteiger partial charge on any atom is -0.263 e. The fourth-order valence-corrected chi connectivity index (χ4v) is 3.17. The molecule has 0 saturated heterocycles. The third kappa shape index (κ3) is 3.69. The Morgan fingerprint density at radius 1 is 1.29 bits per heavy atom. The molecule has 0 atom stereocenters. The summed E-state index contributed by atoms with van der Waals surface area (Å²) in [7, 11) is -4.16. The Bertz CT molecular complexity index is 813. The lowest BCUT2D eigenvalue weighted by Crippen LogP contribution is -2.15. The number of nitrogens with zero attached hydrogens (tertiary/aromatic N) is 2. The van der Waals surface area contributed by atoms with Crippen LogP contribution in [0.4, 0.5) is 11.5 Å². The second-order valence-corrected chi connectivity index (χ2v) is 6.84. The van der Waals surface area contributed by atoms with E-state index in [9.17, 15) is 18.5 Å². The number of aromatic nitrogens is 1. The fraction of sp³-hybridized carbons (Fsp3) is 0. The van der Waals surface area contributed by atoms with Crippen molar-refractivity contribution < 1.29 is 13.3 Å². The highest BCUT2D eigenvalue weighted by atomic mass is 79.9. The second-order valence-electron chi connectivity index (χ2n) is 3.83. The quantitative estimate of drug-likeness (QED) is 0.636. The van der Waals surface area contributed by atoms with Crippen LogP contribution < -0.4 is 4.72 Å². The molecule has 0 amide bonds. The third-order valence-electron chi connectivity index (χ3n) is 2.37. The zero-order chi connectivity index (χ0) is 15.6. The number of sulfonamides is 1. The number of halogens is 2. The van der Waals surface area contributed by atoms with Gasteiger partial charge in [0.05, 0.1) is 4.92 Å². The Morgan fingerprint density at radius 3 is 2.62 bits per heavy atom. The lowest BCUT2D eigenvalue weighted by molar-refractivity contribution is -0.387. The molecule has 0 radical (unpaired) electrons. The molecule has 10 heteroatoms. The van der Waals surface area contributed by atoms with Gasteiger partial charge in [0.1, 0.15) is 5.82 Å². The predicted octanol–water partition coefficient (Wildman–Crippen LogP) is 3.21. The van der Waals surface area contributed by atoms with E-state index in [1.807, 2.05) is 0 Å². The highest BCUT2D eigenvalue weighted by molar-refractivity contribution is 9.10. The summed E-state index contributed by atoms with van der Waals surface area (Å²) in [5.41, 5.74) is -0.606. The van der Waals surface area contributed by atoms with Crippen LogP contribution in [0.3, 0.4) is 0 Å². The third-order valence-corrected chi connectivity index (χ3v) is 4.50. The summed E-state index contributed by atoms with van der Waals surface area (Å²) in [6, 6.07) is 6.35. The summed E-state index contributed by atoms with van der Waals surface area (Å²) in [5, 5.41) is 11.0. The second kappa shape index (κ2) is 5.96. The molecule has 1 aromatic heterocycles. The average Bonchev–Trinajstić information content (AvgIpc) is 2.37. The molecule has 2 aromatic rings. The van der Waals surface area contributed by atoms with Crippen LogP contribution in [0.1, 0.15) is 0 Å². The molecular formula is C11H7BrClN3O4S. The van der Waals surface area contributed by atoms with Crippen molar-refractivity contribution in [2.45, 2.75) is 4.90 Å². The maximum atomic E-state index is 12.2. The van der Waals surface area contributed by atoms with Crippen LogP contribution in [-0.2, 0) is 10.0 Å². The van der Waals surface area contributed by atoms with Crippen LogP contribution in [0.5, 0.6) is 0 Å². The molecule has 0 fully saturated rings. The van der Waals surface area contributed by atoms with E-state index in [2.05, 4.69) is 25.6 Å². The summed E-state index contributed by atoms with van der Waals surface area (Å²) >= 11 is 8.83. The van der Waals surface area contributed by atoms with E-state index < -0.39 is 25.5 Å². The lowest BCUT2D eigenvalue weighted by atomic mass is 10.3. The van der Waals surface area contributed by atoms with Gasteiger partial charge in [0.2, 0.25) is 0 Å². The number of nitro benzene ring substituents is 1. The zero-order valence-electron chi connectivity index (χ0n) is 10.2. The molecule has 2 rings (SSSR count). The normalized spacial score (nSPS) is 11.1. The Morgan fingerprint density at radius 2 is 2.00 bits per heavy atom. The number of nitrogens with one attached hydrogen (secondary N) is 1. The van der Waals surface area contributed by atoms with Crippen molar-refractivity contribution in [3.63, 3.8) is 0 Å². The van der Waals surface area contributed by atoms with Crippen molar-refractivity contribution >= 4 is 49.1 Å². The van der Waals surface area contributed by atoms with Gasteiger partial charge in [-0.1, -0.05) is 27.5 Å². The fourth-order valence-electron chi connectivity index (χ4n) is 1.51. The minimum absolute atomic E-state index is 0.0358. The first-order valence-corrected chi connectivity index (χ1v) is 8.03. The number of anilines is 1. The van der Waals surface area contributed by atoms with Gasteiger partial charge < -0.3 is 0 Å². The van der Waals surface area contributed by atoms with Gasteiger partial charge in [-0.05, 0) is 24.3 Å². The van der Waals surface area contributed by atoms with Crippen LogP contribution in [-0.4, -0.2) is 18.3 Å². The van der Waals surface area contributed by atoms with Gasteiger partial charge >= 0.3 is 0 Å². The summed E-state index contributed by atoms with van der Waals surface area (Å²) < 4.78 is 27.3. The van der Waals surface area contributed by atoms with E-state index in [-0.39, 0.29) is 10.8 Å². The highest BCUT2D eigenvalue weighted by Crippen LogP contribution is 2.28. The Labute approximate surface area is 133 Å². The van der Waals surface area contributed by atoms with Gasteiger partial charge in [0, 0.05) is 21.8 Å². The zero-order valence-corrected chi connectivity index (χ0v) is 13.3. The molecule has 110 valence electrons. The standard InChI is InChI=1S/C11H7BrClN3O4S/c12-7-3-4-14-11(5-7)15-21(19,20)10-2-1-8(13)6-9(10)16(17)18/h1-6H,(H,14,15). The van der Waals surface area contributed by atoms with Gasteiger partial charge in [-0.15, -0.1) is 0 Å². The number of hydrogen-bond acceptors (Lipinski definition) is 5. The van der Waals surface area contributed by atoms with Crippen LogP contribution in [0, 0.1) is 10.1 Å². The Kier molecular flexibility index (Phi) is 4.45. The van der Waals surface area contributed by atoms with Crippen molar-refractivity contribution in [3.8, 4) is 0 Å². The molecule has 0 bridgehead atoms. The Hall–Kier alpha value is -1.71. The van der Waals surface area contributed by atoms with Crippen molar-refractivity contribution in [2.75, 3.05) is 4.72 Å². The van der Waals surface area contributed by atoms with E-state index in [0.29, 0.717) is 4.47 Å². The summed E-state index contributed by atoms with van der Waals surface area (Å²) in [4.78, 5) is 13.5. The van der Waals surface area contributed by atoms with Gasteiger partial charge in [-0.2, -0.15) is 0 Å². The van der Waals surface area contributed by atoms with Gasteiger partial charge in [-0.3, -0.25) is 14.8 Å². The highest BCUT2D eigenvalue weighted by Gasteiger charge is 2.26. The monoisotopic (exact) mass is 391 g/mol. The first-order chi connectivity index (χ1) is 9.79. The largest absolute Gasteiger partial charge is 0.291 e. The van der Waals surface area contributed by atoms with Crippen molar-refractivity contribution in [3.05, 3.63) is 56.1 Å². The topological polar surface area (TPSA) is 102 Å². The molecule has 0 aliphatic rings. The number of pyridine rings is 1. The van der Waals surface area contributed by atoms with E-state index >= 15 is 0 Å². The van der Waals surface area contributed by atoms with Gasteiger partial charge in [-0.25, -0.2) is 13.4 Å². The molecule has 1 aromatic carbocycles. The van der Waals surface area contributed by atoms with Crippen LogP contribution in [0.2, 0.25) is 5.02 Å². The molecule has 0 aliphatic carbocycles. The smallest absolute Gasteiger partial charge is 0.263 e. The molecule has 0 unspecified atom stereocenters. The summed E-state index contributed by atoms with van der Waals surface area (Å²) in [6.45, 7) is 0. The molecule has 0 aliphatic heterocycles. The van der Waals surface area contributed by atoms with E-state index in [4.69, 9.17) is 11.6 Å². The van der Waals surface area contributed by atoms with Crippen molar-refractivity contribution in [1.29, 1.82) is 0 Å². The Balaban J connectivity index is 2.47. The van der Waals surface area contributed by atoms with Crippen LogP contribution >= 0.6 is 27.5 Å². The predicted molar refractivity (Wildman–Crippen MR) is 80.9 cm³/mol.